The average Bonchev–Trinajstić information content (AvgIpc) is 3.25. The van der Waals surface area contributed by atoms with Gasteiger partial charge in [-0.1, -0.05) is 12.1 Å². The van der Waals surface area contributed by atoms with E-state index >= 15 is 0 Å². The van der Waals surface area contributed by atoms with Crippen LogP contribution >= 0.6 is 0 Å². The molecule has 116 valence electrons. The summed E-state index contributed by atoms with van der Waals surface area (Å²) < 4.78 is 11.6. The molecule has 4 rings (SSSR count). The Bertz CT molecular complexity index is 498. The van der Waals surface area contributed by atoms with E-state index < -0.39 is 0 Å². The van der Waals surface area contributed by atoms with Crippen LogP contribution in [0, 0.1) is 0 Å². The first-order chi connectivity index (χ1) is 10.3. The summed E-state index contributed by atoms with van der Waals surface area (Å²) in [6, 6.07) is 0.603. The second kappa shape index (κ2) is 5.34. The minimum absolute atomic E-state index is 0.0350. The predicted molar refractivity (Wildman–Crippen MR) is 76.8 cm³/mol. The summed E-state index contributed by atoms with van der Waals surface area (Å²) in [4.78, 5) is 7.19. The summed E-state index contributed by atoms with van der Waals surface area (Å²) in [6.45, 7) is 6.08. The molecule has 4 heterocycles. The van der Waals surface area contributed by atoms with Crippen LogP contribution in [0.1, 0.15) is 56.8 Å². The Hall–Kier alpha value is -0.980. The molecular weight excluding hydrogens is 268 g/mol. The Morgan fingerprint density at radius 2 is 2.38 bits per heavy atom. The van der Waals surface area contributed by atoms with Crippen LogP contribution in [-0.4, -0.2) is 47.3 Å². The van der Waals surface area contributed by atoms with Crippen molar-refractivity contribution in [2.24, 2.45) is 0 Å². The van der Waals surface area contributed by atoms with E-state index in [-0.39, 0.29) is 11.6 Å². The number of ether oxygens (including phenoxy) is 1. The van der Waals surface area contributed by atoms with Crippen molar-refractivity contribution in [2.75, 3.05) is 26.2 Å². The number of hydrogen-bond acceptors (Lipinski definition) is 6. The van der Waals surface area contributed by atoms with Crippen LogP contribution in [-0.2, 0) is 10.3 Å². The van der Waals surface area contributed by atoms with Gasteiger partial charge >= 0.3 is 0 Å². The molecule has 0 aliphatic carbocycles. The molecule has 0 aromatic carbocycles. The van der Waals surface area contributed by atoms with Crippen molar-refractivity contribution in [2.45, 2.75) is 56.7 Å². The fraction of sp³-hybridized carbons (Fsp3) is 0.867. The second-order valence-corrected chi connectivity index (χ2v) is 6.54. The Labute approximate surface area is 125 Å². The molecule has 0 amide bonds. The molecule has 21 heavy (non-hydrogen) atoms. The molecule has 1 aromatic rings. The molecule has 0 radical (unpaired) electrons. The quantitative estimate of drug-likeness (QED) is 0.913. The predicted octanol–water partition coefficient (Wildman–Crippen LogP) is 1.59. The van der Waals surface area contributed by atoms with E-state index in [2.05, 4.69) is 27.3 Å². The largest absolute Gasteiger partial charge is 0.367 e. The van der Waals surface area contributed by atoms with Crippen molar-refractivity contribution in [3.63, 3.8) is 0 Å². The van der Waals surface area contributed by atoms with Crippen LogP contribution in [0.2, 0.25) is 0 Å². The van der Waals surface area contributed by atoms with E-state index in [1.54, 1.807) is 0 Å². The lowest BCUT2D eigenvalue weighted by Crippen LogP contribution is -2.42. The van der Waals surface area contributed by atoms with Gasteiger partial charge in [0.25, 0.3) is 0 Å². The standard InChI is InChI=1S/C15H24N4O2/c1-2-15(6-4-7-16-15)14-17-13(18-21-14)12-9-19-8-3-5-11(19)10-20-12/h11-12,16H,2-10H2,1H3. The molecule has 0 spiro atoms. The molecule has 3 fully saturated rings. The van der Waals surface area contributed by atoms with Gasteiger partial charge in [-0.05, 0) is 45.2 Å². The van der Waals surface area contributed by atoms with E-state index in [1.165, 1.54) is 25.8 Å². The fourth-order valence-corrected chi connectivity index (χ4v) is 3.98. The molecule has 3 saturated heterocycles. The number of aromatic nitrogens is 2. The third-order valence-electron chi connectivity index (χ3n) is 5.38. The van der Waals surface area contributed by atoms with Crippen molar-refractivity contribution in [1.82, 2.24) is 20.4 Å². The molecule has 6 nitrogen and oxygen atoms in total. The highest BCUT2D eigenvalue weighted by Gasteiger charge is 2.40. The van der Waals surface area contributed by atoms with Crippen LogP contribution in [0.5, 0.6) is 0 Å². The van der Waals surface area contributed by atoms with Crippen molar-refractivity contribution < 1.29 is 9.26 Å². The van der Waals surface area contributed by atoms with Crippen molar-refractivity contribution in [1.29, 1.82) is 0 Å². The van der Waals surface area contributed by atoms with Crippen molar-refractivity contribution in [3.8, 4) is 0 Å². The van der Waals surface area contributed by atoms with E-state index in [9.17, 15) is 0 Å². The number of morpholine rings is 1. The molecule has 6 heteroatoms. The van der Waals surface area contributed by atoms with Crippen LogP contribution in [0.4, 0.5) is 0 Å². The maximum atomic E-state index is 5.97. The Morgan fingerprint density at radius 1 is 1.43 bits per heavy atom. The third kappa shape index (κ3) is 2.29. The van der Waals surface area contributed by atoms with Gasteiger partial charge in [0.1, 0.15) is 6.10 Å². The summed E-state index contributed by atoms with van der Waals surface area (Å²) in [5, 5.41) is 7.76. The van der Waals surface area contributed by atoms with Gasteiger partial charge in [0.2, 0.25) is 11.7 Å². The van der Waals surface area contributed by atoms with Crippen LogP contribution in [0.15, 0.2) is 4.52 Å². The van der Waals surface area contributed by atoms with Crippen LogP contribution in [0.25, 0.3) is 0 Å². The third-order valence-corrected chi connectivity index (χ3v) is 5.38. The maximum Gasteiger partial charge on any atom is 0.247 e. The van der Waals surface area contributed by atoms with Gasteiger partial charge in [-0.25, -0.2) is 0 Å². The molecule has 0 saturated carbocycles. The minimum Gasteiger partial charge on any atom is -0.367 e. The Balaban J connectivity index is 1.52. The second-order valence-electron chi connectivity index (χ2n) is 6.54. The summed E-state index contributed by atoms with van der Waals surface area (Å²) in [5.41, 5.74) is -0.115. The van der Waals surface area contributed by atoms with Gasteiger partial charge in [-0.2, -0.15) is 4.98 Å². The number of nitrogens with one attached hydrogen (secondary N) is 1. The van der Waals surface area contributed by atoms with E-state index in [4.69, 9.17) is 9.26 Å². The fourth-order valence-electron chi connectivity index (χ4n) is 3.98. The van der Waals surface area contributed by atoms with Crippen LogP contribution < -0.4 is 5.32 Å². The summed E-state index contributed by atoms with van der Waals surface area (Å²) >= 11 is 0. The number of nitrogens with zero attached hydrogens (tertiary/aromatic N) is 3. The number of hydrogen-bond donors (Lipinski definition) is 1. The van der Waals surface area contributed by atoms with Crippen molar-refractivity contribution in [3.05, 3.63) is 11.7 Å². The monoisotopic (exact) mass is 292 g/mol. The lowest BCUT2D eigenvalue weighted by molar-refractivity contribution is -0.0548. The zero-order valence-electron chi connectivity index (χ0n) is 12.7. The lowest BCUT2D eigenvalue weighted by Gasteiger charge is -2.33. The molecule has 1 N–H and O–H groups in total. The molecule has 0 bridgehead atoms. The normalized spacial score (nSPS) is 37.0. The Morgan fingerprint density at radius 3 is 3.19 bits per heavy atom. The molecule has 3 aliphatic rings. The van der Waals surface area contributed by atoms with Gasteiger partial charge in [-0.3, -0.25) is 4.90 Å². The van der Waals surface area contributed by atoms with Gasteiger partial charge < -0.3 is 14.6 Å². The first-order valence-electron chi connectivity index (χ1n) is 8.25. The first kappa shape index (κ1) is 13.7. The highest BCUT2D eigenvalue weighted by atomic mass is 16.5. The SMILES string of the molecule is CCC1(c2nc(C3CN4CCCC4CO3)no2)CCCN1. The maximum absolute atomic E-state index is 5.97. The lowest BCUT2D eigenvalue weighted by atomic mass is 9.94. The highest BCUT2D eigenvalue weighted by Crippen LogP contribution is 2.34. The summed E-state index contributed by atoms with van der Waals surface area (Å²) in [6.07, 6.45) is 5.72. The van der Waals surface area contributed by atoms with Gasteiger partial charge in [0, 0.05) is 12.6 Å². The number of rotatable bonds is 3. The van der Waals surface area contributed by atoms with E-state index in [0.717, 1.165) is 44.3 Å². The highest BCUT2D eigenvalue weighted by molar-refractivity contribution is 5.08. The van der Waals surface area contributed by atoms with E-state index in [0.29, 0.717) is 6.04 Å². The first-order valence-corrected chi connectivity index (χ1v) is 8.25. The number of fused-ring (bicyclic) bond motifs is 1. The van der Waals surface area contributed by atoms with Crippen LogP contribution in [0.3, 0.4) is 0 Å². The minimum atomic E-state index is -0.115. The molecule has 3 aliphatic heterocycles. The van der Waals surface area contributed by atoms with E-state index in [1.807, 2.05) is 0 Å². The zero-order chi connectivity index (χ0) is 14.3. The zero-order valence-corrected chi connectivity index (χ0v) is 12.7. The van der Waals surface area contributed by atoms with Gasteiger partial charge in [0.15, 0.2) is 0 Å². The average molecular weight is 292 g/mol. The van der Waals surface area contributed by atoms with Gasteiger partial charge in [-0.15, -0.1) is 0 Å². The molecule has 1 aromatic heterocycles. The summed E-state index contributed by atoms with van der Waals surface area (Å²) in [7, 11) is 0. The topological polar surface area (TPSA) is 63.4 Å². The van der Waals surface area contributed by atoms with Crippen molar-refractivity contribution >= 4 is 0 Å². The Kier molecular flexibility index (Phi) is 3.47. The smallest absolute Gasteiger partial charge is 0.247 e. The summed E-state index contributed by atoms with van der Waals surface area (Å²) in [5.74, 6) is 1.46. The van der Waals surface area contributed by atoms with Gasteiger partial charge in [0.05, 0.1) is 12.1 Å². The molecular formula is C15H24N4O2. The molecule has 3 atom stereocenters. The molecule has 3 unspecified atom stereocenters.